The first-order valence-corrected chi connectivity index (χ1v) is 9.50. The first-order valence-electron chi connectivity index (χ1n) is 9.50. The number of hydrogen-bond acceptors (Lipinski definition) is 5. The van der Waals surface area contributed by atoms with E-state index in [0.717, 1.165) is 24.5 Å². The van der Waals surface area contributed by atoms with Crippen LogP contribution in [0.5, 0.6) is 5.75 Å². The van der Waals surface area contributed by atoms with Gasteiger partial charge in [-0.15, -0.1) is 0 Å². The number of ether oxygens (including phenoxy) is 2. The van der Waals surface area contributed by atoms with Gasteiger partial charge in [-0.25, -0.2) is 0 Å². The smallest absolute Gasteiger partial charge is 0.228 e. The number of likely N-dealkylation sites (tertiary alicyclic amines) is 1. The molecular formula is C20H29N3O4. The Balaban J connectivity index is 1.57. The molecule has 0 aromatic heterocycles. The van der Waals surface area contributed by atoms with Crippen LogP contribution >= 0.6 is 0 Å². The van der Waals surface area contributed by atoms with Crippen LogP contribution < -0.4 is 9.64 Å². The van der Waals surface area contributed by atoms with Crippen molar-refractivity contribution in [3.8, 4) is 5.75 Å². The Morgan fingerprint density at radius 1 is 1.19 bits per heavy atom. The summed E-state index contributed by atoms with van der Waals surface area (Å²) in [5.74, 6) is 0.747. The molecule has 1 aromatic rings. The van der Waals surface area contributed by atoms with E-state index in [1.807, 2.05) is 36.1 Å². The summed E-state index contributed by atoms with van der Waals surface area (Å²) in [6.07, 6.45) is 0.305. The second-order valence-electron chi connectivity index (χ2n) is 7.24. The van der Waals surface area contributed by atoms with Crippen LogP contribution in [-0.2, 0) is 14.3 Å². The van der Waals surface area contributed by atoms with Crippen molar-refractivity contribution in [1.29, 1.82) is 0 Å². The van der Waals surface area contributed by atoms with Gasteiger partial charge >= 0.3 is 0 Å². The zero-order valence-electron chi connectivity index (χ0n) is 16.4. The van der Waals surface area contributed by atoms with E-state index in [2.05, 4.69) is 4.90 Å². The van der Waals surface area contributed by atoms with Gasteiger partial charge in [0.15, 0.2) is 0 Å². The summed E-state index contributed by atoms with van der Waals surface area (Å²) in [5, 5.41) is 0. The molecule has 0 radical (unpaired) electrons. The number of amides is 2. The van der Waals surface area contributed by atoms with Gasteiger partial charge in [0, 0.05) is 46.3 Å². The standard InChI is InChI=1S/C20H29N3O4/c1-15(14-26-2)23-13-16(12-19(23)24)20(25)22-10-8-21(9-11-22)17-6-4-5-7-18(17)27-3/h4-7,15-16H,8-14H2,1-3H3/t15-,16-/m1/s1. The maximum absolute atomic E-state index is 12.9. The van der Waals surface area contributed by atoms with Gasteiger partial charge in [-0.3, -0.25) is 9.59 Å². The molecule has 27 heavy (non-hydrogen) atoms. The SMILES string of the molecule is COC[C@@H](C)N1C[C@H](C(=O)N2CCN(c3ccccc3OC)CC2)CC1=O. The summed E-state index contributed by atoms with van der Waals surface area (Å²) in [4.78, 5) is 31.1. The van der Waals surface area contributed by atoms with Crippen LogP contribution in [0.25, 0.3) is 0 Å². The fourth-order valence-electron chi connectivity index (χ4n) is 3.97. The summed E-state index contributed by atoms with van der Waals surface area (Å²) in [6, 6.07) is 7.95. The molecule has 2 aliphatic heterocycles. The maximum Gasteiger partial charge on any atom is 0.228 e. The highest BCUT2D eigenvalue weighted by atomic mass is 16.5. The third-order valence-corrected chi connectivity index (χ3v) is 5.46. The van der Waals surface area contributed by atoms with E-state index >= 15 is 0 Å². The molecule has 148 valence electrons. The number of carbonyl (C=O) groups excluding carboxylic acids is 2. The lowest BCUT2D eigenvalue weighted by molar-refractivity contribution is -0.136. The predicted octanol–water partition coefficient (Wildman–Crippen LogP) is 1.23. The summed E-state index contributed by atoms with van der Waals surface area (Å²) in [5.41, 5.74) is 1.06. The van der Waals surface area contributed by atoms with Crippen molar-refractivity contribution < 1.29 is 19.1 Å². The fraction of sp³-hybridized carbons (Fsp3) is 0.600. The highest BCUT2D eigenvalue weighted by Gasteiger charge is 2.39. The van der Waals surface area contributed by atoms with Crippen molar-refractivity contribution in [3.63, 3.8) is 0 Å². The number of rotatable bonds is 6. The number of nitrogens with zero attached hydrogens (tertiary/aromatic N) is 3. The van der Waals surface area contributed by atoms with Crippen molar-refractivity contribution in [1.82, 2.24) is 9.80 Å². The molecular weight excluding hydrogens is 346 g/mol. The normalized spacial score (nSPS) is 21.5. The lowest BCUT2D eigenvalue weighted by Crippen LogP contribution is -2.51. The van der Waals surface area contributed by atoms with E-state index in [0.29, 0.717) is 32.7 Å². The van der Waals surface area contributed by atoms with Gasteiger partial charge in [-0.2, -0.15) is 0 Å². The molecule has 1 aromatic carbocycles. The molecule has 7 heteroatoms. The van der Waals surface area contributed by atoms with Crippen molar-refractivity contribution >= 4 is 17.5 Å². The van der Waals surface area contributed by atoms with Crippen LogP contribution in [-0.4, -0.2) is 81.2 Å². The minimum atomic E-state index is -0.241. The van der Waals surface area contributed by atoms with Gasteiger partial charge in [0.25, 0.3) is 0 Å². The van der Waals surface area contributed by atoms with Crippen molar-refractivity contribution in [2.24, 2.45) is 5.92 Å². The van der Waals surface area contributed by atoms with E-state index in [1.165, 1.54) is 0 Å². The quantitative estimate of drug-likeness (QED) is 0.748. The summed E-state index contributed by atoms with van der Waals surface area (Å²) < 4.78 is 10.6. The number of anilines is 1. The number of para-hydroxylation sites is 2. The second-order valence-corrected chi connectivity index (χ2v) is 7.24. The summed E-state index contributed by atoms with van der Waals surface area (Å²) >= 11 is 0. The topological polar surface area (TPSA) is 62.3 Å². The van der Waals surface area contributed by atoms with Crippen LogP contribution in [0.15, 0.2) is 24.3 Å². The van der Waals surface area contributed by atoms with Crippen LogP contribution in [0.1, 0.15) is 13.3 Å². The molecule has 3 rings (SSSR count). The van der Waals surface area contributed by atoms with E-state index in [9.17, 15) is 9.59 Å². The zero-order valence-corrected chi connectivity index (χ0v) is 16.4. The zero-order chi connectivity index (χ0) is 19.4. The molecule has 0 unspecified atom stereocenters. The van der Waals surface area contributed by atoms with Crippen LogP contribution in [0, 0.1) is 5.92 Å². The number of carbonyl (C=O) groups is 2. The molecule has 0 bridgehead atoms. The average Bonchev–Trinajstić information content (AvgIpc) is 3.09. The monoisotopic (exact) mass is 375 g/mol. The third-order valence-electron chi connectivity index (χ3n) is 5.46. The minimum Gasteiger partial charge on any atom is -0.495 e. The van der Waals surface area contributed by atoms with Crippen molar-refractivity contribution in [2.45, 2.75) is 19.4 Å². The van der Waals surface area contributed by atoms with Crippen LogP contribution in [0.2, 0.25) is 0 Å². The van der Waals surface area contributed by atoms with Gasteiger partial charge in [-0.1, -0.05) is 12.1 Å². The third kappa shape index (κ3) is 4.18. The van der Waals surface area contributed by atoms with E-state index in [4.69, 9.17) is 9.47 Å². The van der Waals surface area contributed by atoms with Crippen LogP contribution in [0.4, 0.5) is 5.69 Å². The Hall–Kier alpha value is -2.28. The van der Waals surface area contributed by atoms with E-state index in [1.54, 1.807) is 19.1 Å². The molecule has 2 heterocycles. The van der Waals surface area contributed by atoms with Crippen LogP contribution in [0.3, 0.4) is 0 Å². The summed E-state index contributed by atoms with van der Waals surface area (Å²) in [6.45, 7) is 5.79. The lowest BCUT2D eigenvalue weighted by Gasteiger charge is -2.37. The van der Waals surface area contributed by atoms with Gasteiger partial charge < -0.3 is 24.2 Å². The predicted molar refractivity (Wildman–Crippen MR) is 103 cm³/mol. The molecule has 2 amide bonds. The van der Waals surface area contributed by atoms with E-state index < -0.39 is 0 Å². The van der Waals surface area contributed by atoms with Gasteiger partial charge in [0.05, 0.1) is 31.4 Å². The molecule has 2 atom stereocenters. The van der Waals surface area contributed by atoms with Gasteiger partial charge in [-0.05, 0) is 19.1 Å². The van der Waals surface area contributed by atoms with Gasteiger partial charge in [0.2, 0.25) is 11.8 Å². The Morgan fingerprint density at radius 2 is 1.89 bits per heavy atom. The fourth-order valence-corrected chi connectivity index (χ4v) is 3.97. The lowest BCUT2D eigenvalue weighted by atomic mass is 10.1. The number of hydrogen-bond donors (Lipinski definition) is 0. The summed E-state index contributed by atoms with van der Waals surface area (Å²) in [7, 11) is 3.30. The second kappa shape index (κ2) is 8.61. The molecule has 7 nitrogen and oxygen atoms in total. The Kier molecular flexibility index (Phi) is 6.21. The Morgan fingerprint density at radius 3 is 2.56 bits per heavy atom. The molecule has 0 N–H and O–H groups in total. The molecule has 2 fully saturated rings. The van der Waals surface area contributed by atoms with Crippen molar-refractivity contribution in [3.05, 3.63) is 24.3 Å². The number of piperazine rings is 1. The molecule has 0 spiro atoms. The Labute approximate surface area is 160 Å². The molecule has 0 saturated carbocycles. The highest BCUT2D eigenvalue weighted by molar-refractivity contribution is 5.89. The first kappa shape index (κ1) is 19.5. The van der Waals surface area contributed by atoms with Crippen molar-refractivity contribution in [2.75, 3.05) is 58.5 Å². The minimum absolute atomic E-state index is 0.00249. The van der Waals surface area contributed by atoms with Gasteiger partial charge in [0.1, 0.15) is 5.75 Å². The molecule has 2 aliphatic rings. The first-order chi connectivity index (χ1) is 13.0. The largest absolute Gasteiger partial charge is 0.495 e. The molecule has 2 saturated heterocycles. The number of methoxy groups -OCH3 is 2. The molecule has 0 aliphatic carbocycles. The highest BCUT2D eigenvalue weighted by Crippen LogP contribution is 2.29. The van der Waals surface area contributed by atoms with E-state index in [-0.39, 0.29) is 23.8 Å². The number of benzene rings is 1. The maximum atomic E-state index is 12.9. The Bertz CT molecular complexity index is 673. The average molecular weight is 375 g/mol.